The fourth-order valence-electron chi connectivity index (χ4n) is 3.05. The first-order valence-electron chi connectivity index (χ1n) is 9.27. The summed E-state index contributed by atoms with van der Waals surface area (Å²) in [6, 6.07) is 6.27. The quantitative estimate of drug-likeness (QED) is 0.299. The number of hydrogen-bond acceptors (Lipinski definition) is 8. The predicted octanol–water partition coefficient (Wildman–Crippen LogP) is 3.68. The van der Waals surface area contributed by atoms with Gasteiger partial charge in [-0.2, -0.15) is 0 Å². The van der Waals surface area contributed by atoms with Gasteiger partial charge < -0.3 is 9.47 Å². The number of ether oxygens (including phenoxy) is 2. The molecule has 0 bridgehead atoms. The number of nitro groups is 1. The number of thioether (sulfide) groups is 1. The van der Waals surface area contributed by atoms with E-state index >= 15 is 0 Å². The van der Waals surface area contributed by atoms with Crippen LogP contribution < -0.4 is 15.0 Å². The molecule has 2 aromatic rings. The molecule has 1 N–H and O–H groups in total. The van der Waals surface area contributed by atoms with Crippen LogP contribution in [0, 0.1) is 10.1 Å². The number of nitro benzene ring substituents is 1. The van der Waals surface area contributed by atoms with Crippen LogP contribution in [0.2, 0.25) is 0 Å². The molecule has 0 aliphatic carbocycles. The van der Waals surface area contributed by atoms with Gasteiger partial charge in [0.2, 0.25) is 6.79 Å². The summed E-state index contributed by atoms with van der Waals surface area (Å²) in [6.45, 7) is 0.154. The summed E-state index contributed by atoms with van der Waals surface area (Å²) in [5.74, 6) is 0.850. The van der Waals surface area contributed by atoms with E-state index in [4.69, 9.17) is 14.3 Å². The molecule has 160 valence electrons. The van der Waals surface area contributed by atoms with E-state index in [2.05, 4.69) is 10.5 Å². The van der Waals surface area contributed by atoms with Crippen LogP contribution in [0.25, 0.3) is 0 Å². The highest BCUT2D eigenvalue weighted by Crippen LogP contribution is 2.39. The van der Waals surface area contributed by atoms with Crippen molar-refractivity contribution in [1.82, 2.24) is 15.4 Å². The monoisotopic (exact) mass is 442 g/mol. The van der Waals surface area contributed by atoms with Crippen molar-refractivity contribution in [3.05, 3.63) is 81.7 Å². The van der Waals surface area contributed by atoms with E-state index in [1.54, 1.807) is 36.8 Å². The van der Waals surface area contributed by atoms with Crippen molar-refractivity contribution in [3.8, 4) is 11.5 Å². The van der Waals surface area contributed by atoms with Crippen LogP contribution in [0.1, 0.15) is 16.5 Å². The third-order valence-electron chi connectivity index (χ3n) is 4.52. The van der Waals surface area contributed by atoms with Crippen LogP contribution in [0.5, 0.6) is 11.5 Å². The smallest absolute Gasteiger partial charge is 0.346 e. The normalized spacial score (nSPS) is 16.8. The number of pyridine rings is 1. The van der Waals surface area contributed by atoms with Gasteiger partial charge in [-0.3, -0.25) is 24.8 Å². The second-order valence-corrected chi connectivity index (χ2v) is 7.44. The molecule has 11 heteroatoms. The Morgan fingerprint density at radius 1 is 1.32 bits per heavy atom. The lowest BCUT2D eigenvalue weighted by Gasteiger charge is -2.22. The van der Waals surface area contributed by atoms with Crippen LogP contribution in [-0.4, -0.2) is 34.2 Å². The maximum absolute atomic E-state index is 12.4. The van der Waals surface area contributed by atoms with Crippen molar-refractivity contribution in [2.75, 3.05) is 13.4 Å². The number of fused-ring (bicyclic) bond motifs is 1. The zero-order valence-corrected chi connectivity index (χ0v) is 17.0. The first kappa shape index (κ1) is 20.7. The molecule has 4 rings (SSSR count). The summed E-state index contributed by atoms with van der Waals surface area (Å²) in [5, 5.41) is 12.9. The lowest BCUT2D eigenvalue weighted by atomic mass is 10.1. The number of benzene rings is 1. The maximum atomic E-state index is 12.4. The molecule has 0 spiro atoms. The highest BCUT2D eigenvalue weighted by atomic mass is 32.2. The summed E-state index contributed by atoms with van der Waals surface area (Å²) in [5.41, 5.74) is 3.80. The van der Waals surface area contributed by atoms with Crippen molar-refractivity contribution in [2.24, 2.45) is 0 Å². The van der Waals surface area contributed by atoms with Crippen LogP contribution in [-0.2, 0) is 11.3 Å². The summed E-state index contributed by atoms with van der Waals surface area (Å²) >= 11 is 1.50. The molecule has 1 aromatic carbocycles. The molecule has 0 radical (unpaired) electrons. The standard InChI is InChI=1S/C20H18N4O6S/c25-20(23-8-10-31-19(23)14-4-6-21-7-5-14)22-30-9-2-1-3-15-11-17-18(29-13-28-17)12-16(15)24(26)27/h1-2,4-8,10-12,19H,3,9,13H2,(H,22,25). The van der Waals surface area contributed by atoms with Crippen molar-refractivity contribution in [1.29, 1.82) is 0 Å². The molecular weight excluding hydrogens is 424 g/mol. The van der Waals surface area contributed by atoms with Crippen molar-refractivity contribution >= 4 is 23.5 Å². The van der Waals surface area contributed by atoms with Crippen molar-refractivity contribution in [2.45, 2.75) is 11.8 Å². The van der Waals surface area contributed by atoms with E-state index in [1.807, 2.05) is 17.5 Å². The number of allylic oxidation sites excluding steroid dienone is 1. The average Bonchev–Trinajstić information content (AvgIpc) is 3.45. The molecule has 1 aromatic heterocycles. The molecule has 31 heavy (non-hydrogen) atoms. The minimum absolute atomic E-state index is 0.0383. The molecular formula is C20H18N4O6S. The Morgan fingerprint density at radius 3 is 2.87 bits per heavy atom. The van der Waals surface area contributed by atoms with Gasteiger partial charge in [-0.1, -0.05) is 12.2 Å². The van der Waals surface area contributed by atoms with Gasteiger partial charge in [0.05, 0.1) is 17.6 Å². The second-order valence-electron chi connectivity index (χ2n) is 6.45. The van der Waals surface area contributed by atoms with Crippen LogP contribution in [0.4, 0.5) is 10.5 Å². The minimum atomic E-state index is -0.456. The predicted molar refractivity (Wildman–Crippen MR) is 112 cm³/mol. The number of hydrogen-bond donors (Lipinski definition) is 1. The Kier molecular flexibility index (Phi) is 6.34. The molecule has 2 aliphatic rings. The van der Waals surface area contributed by atoms with Gasteiger partial charge in [-0.25, -0.2) is 10.3 Å². The number of nitrogens with one attached hydrogen (secondary N) is 1. The van der Waals surface area contributed by atoms with E-state index in [-0.39, 0.29) is 24.5 Å². The molecule has 2 aliphatic heterocycles. The molecule has 0 saturated carbocycles. The van der Waals surface area contributed by atoms with E-state index in [0.717, 1.165) is 5.56 Å². The van der Waals surface area contributed by atoms with E-state index in [0.29, 0.717) is 23.5 Å². The fraction of sp³-hybridized carbons (Fsp3) is 0.200. The molecule has 3 heterocycles. The number of aromatic nitrogens is 1. The van der Waals surface area contributed by atoms with Crippen LogP contribution >= 0.6 is 11.8 Å². The van der Waals surface area contributed by atoms with Crippen LogP contribution in [0.15, 0.2) is 60.4 Å². The van der Waals surface area contributed by atoms with Crippen molar-refractivity contribution in [3.63, 3.8) is 0 Å². The topological polar surface area (TPSA) is 116 Å². The number of hydroxylamine groups is 1. The fourth-order valence-corrected chi connectivity index (χ4v) is 4.01. The van der Waals surface area contributed by atoms with Crippen LogP contribution in [0.3, 0.4) is 0 Å². The molecule has 0 fully saturated rings. The number of carbonyl (C=O) groups excluding carboxylic acids is 1. The van der Waals surface area contributed by atoms with Crippen molar-refractivity contribution < 1.29 is 24.0 Å². The summed E-state index contributed by atoms with van der Waals surface area (Å²) < 4.78 is 10.5. The van der Waals surface area contributed by atoms with Gasteiger partial charge >= 0.3 is 6.03 Å². The molecule has 2 amide bonds. The Hall–Kier alpha value is -3.57. The lowest BCUT2D eigenvalue weighted by molar-refractivity contribution is -0.385. The zero-order valence-electron chi connectivity index (χ0n) is 16.2. The minimum Gasteiger partial charge on any atom is -0.454 e. The molecule has 0 saturated heterocycles. The number of nitrogens with zero attached hydrogens (tertiary/aromatic N) is 3. The van der Waals surface area contributed by atoms with E-state index in [1.165, 1.54) is 22.7 Å². The average molecular weight is 442 g/mol. The number of carbonyl (C=O) groups is 1. The maximum Gasteiger partial charge on any atom is 0.346 e. The van der Waals surface area contributed by atoms with Gasteiger partial charge in [0.15, 0.2) is 11.5 Å². The summed E-state index contributed by atoms with van der Waals surface area (Å²) in [6.07, 6.45) is 8.74. The van der Waals surface area contributed by atoms with E-state index in [9.17, 15) is 14.9 Å². The second kappa shape index (κ2) is 9.49. The molecule has 1 unspecified atom stereocenters. The number of rotatable bonds is 7. The van der Waals surface area contributed by atoms with Gasteiger partial charge in [0, 0.05) is 24.2 Å². The molecule has 1 atom stereocenters. The Labute approximate surface area is 181 Å². The Morgan fingerprint density at radius 2 is 2.10 bits per heavy atom. The Bertz CT molecular complexity index is 1030. The summed E-state index contributed by atoms with van der Waals surface area (Å²) in [7, 11) is 0. The van der Waals surface area contributed by atoms with Gasteiger partial charge in [0.25, 0.3) is 5.69 Å². The summed E-state index contributed by atoms with van der Waals surface area (Å²) in [4.78, 5) is 34.0. The first-order chi connectivity index (χ1) is 15.1. The highest BCUT2D eigenvalue weighted by Gasteiger charge is 2.27. The van der Waals surface area contributed by atoms with E-state index < -0.39 is 11.0 Å². The number of urea groups is 1. The van der Waals surface area contributed by atoms with Gasteiger partial charge in [0.1, 0.15) is 5.37 Å². The third-order valence-corrected chi connectivity index (χ3v) is 5.56. The van der Waals surface area contributed by atoms with Gasteiger partial charge in [-0.05, 0) is 35.6 Å². The SMILES string of the molecule is O=C(NOCC=CCc1cc2c(cc1[N+](=O)[O-])OCO2)N1C=CSC1c1ccncc1. The third kappa shape index (κ3) is 4.78. The highest BCUT2D eigenvalue weighted by molar-refractivity contribution is 8.02. The number of amides is 2. The van der Waals surface area contributed by atoms with Gasteiger partial charge in [-0.15, -0.1) is 11.8 Å². The molecule has 10 nitrogen and oxygen atoms in total. The Balaban J connectivity index is 1.27. The largest absolute Gasteiger partial charge is 0.454 e. The lowest BCUT2D eigenvalue weighted by Crippen LogP contribution is -2.36. The zero-order chi connectivity index (χ0) is 21.6. The first-order valence-corrected chi connectivity index (χ1v) is 10.2.